The number of aliphatic hydroxyl groups is 1. The summed E-state index contributed by atoms with van der Waals surface area (Å²) in [5.74, 6) is -0.311. The van der Waals surface area contributed by atoms with Crippen molar-refractivity contribution in [3.63, 3.8) is 0 Å². The van der Waals surface area contributed by atoms with Crippen LogP contribution in [0.15, 0.2) is 30.3 Å². The van der Waals surface area contributed by atoms with Gasteiger partial charge in [0.15, 0.2) is 11.4 Å². The highest BCUT2D eigenvalue weighted by Crippen LogP contribution is 2.38. The van der Waals surface area contributed by atoms with Crippen LogP contribution in [0, 0.1) is 0 Å². The molecular formula is C13H10F3N3O2S. The normalized spacial score (nSPS) is 17.2. The molecule has 0 unspecified atom stereocenters. The Labute approximate surface area is 127 Å². The van der Waals surface area contributed by atoms with Gasteiger partial charge in [-0.15, -0.1) is 0 Å². The summed E-state index contributed by atoms with van der Waals surface area (Å²) in [4.78, 5) is 17.0. The Morgan fingerprint density at radius 2 is 1.91 bits per heavy atom. The van der Waals surface area contributed by atoms with Crippen molar-refractivity contribution >= 4 is 17.4 Å². The van der Waals surface area contributed by atoms with Crippen LogP contribution >= 0.6 is 11.5 Å². The Bertz CT molecular complexity index is 696. The second-order valence-electron chi connectivity index (χ2n) is 4.98. The molecule has 1 aromatic carbocycles. The highest BCUT2D eigenvalue weighted by atomic mass is 32.1. The van der Waals surface area contributed by atoms with Crippen LogP contribution in [-0.2, 0) is 0 Å². The van der Waals surface area contributed by atoms with Crippen molar-refractivity contribution in [3.05, 3.63) is 35.3 Å². The number of carbonyl (C=O) groups excluding carboxylic acids is 1. The van der Waals surface area contributed by atoms with Gasteiger partial charge in [-0.1, -0.05) is 30.3 Å². The fourth-order valence-corrected chi connectivity index (χ4v) is 2.71. The fourth-order valence-electron chi connectivity index (χ4n) is 2.06. The number of halogens is 3. The minimum absolute atomic E-state index is 0.00285. The van der Waals surface area contributed by atoms with Crippen molar-refractivity contribution in [2.75, 3.05) is 13.1 Å². The molecule has 0 spiro atoms. The lowest BCUT2D eigenvalue weighted by molar-refractivity contribution is -0.294. The molecule has 0 atom stereocenters. The second-order valence-corrected chi connectivity index (χ2v) is 5.73. The fraction of sp³-hybridized carbons (Fsp3) is 0.308. The molecule has 5 nitrogen and oxygen atoms in total. The van der Waals surface area contributed by atoms with Crippen molar-refractivity contribution < 1.29 is 23.1 Å². The summed E-state index contributed by atoms with van der Waals surface area (Å²) in [7, 11) is 0. The molecule has 1 fully saturated rings. The molecule has 3 rings (SSSR count). The van der Waals surface area contributed by atoms with Gasteiger partial charge in [0, 0.05) is 5.56 Å². The van der Waals surface area contributed by atoms with E-state index in [0.29, 0.717) is 11.4 Å². The second kappa shape index (κ2) is 5.03. The minimum Gasteiger partial charge on any atom is -0.378 e. The molecule has 1 N–H and O–H groups in total. The highest BCUT2D eigenvalue weighted by Gasteiger charge is 2.62. The number of likely N-dealkylation sites (tertiary alicyclic amines) is 1. The van der Waals surface area contributed by atoms with Gasteiger partial charge in [0.05, 0.1) is 13.1 Å². The van der Waals surface area contributed by atoms with Gasteiger partial charge in [0.1, 0.15) is 0 Å². The summed E-state index contributed by atoms with van der Waals surface area (Å²) in [5, 5.41) is 9.35. The number of β-amino-alcohol motifs (C(OH)–C–C–N with tert-alkyl or cyclic N) is 1. The van der Waals surface area contributed by atoms with Gasteiger partial charge < -0.3 is 10.0 Å². The first-order chi connectivity index (χ1) is 10.3. The lowest BCUT2D eigenvalue weighted by atomic mass is 9.93. The van der Waals surface area contributed by atoms with Crippen molar-refractivity contribution in [1.29, 1.82) is 0 Å². The zero-order valence-electron chi connectivity index (χ0n) is 11.0. The molecule has 0 saturated carbocycles. The van der Waals surface area contributed by atoms with Crippen LogP contribution in [0.4, 0.5) is 13.2 Å². The summed E-state index contributed by atoms with van der Waals surface area (Å²) in [5.41, 5.74) is -2.11. The van der Waals surface area contributed by atoms with Gasteiger partial charge in [-0.3, -0.25) is 4.79 Å². The standard InChI is InChI=1S/C13H10F3N3O2S/c14-13(15,16)12(21)6-19(7-12)11(20)10-17-9(18-22-10)8-4-2-1-3-5-8/h1-5,21H,6-7H2. The van der Waals surface area contributed by atoms with Gasteiger partial charge in [-0.2, -0.15) is 17.5 Å². The van der Waals surface area contributed by atoms with Gasteiger partial charge in [0.2, 0.25) is 5.01 Å². The van der Waals surface area contributed by atoms with E-state index < -0.39 is 30.8 Å². The molecule has 116 valence electrons. The summed E-state index contributed by atoms with van der Waals surface area (Å²) in [6.07, 6.45) is -4.75. The molecule has 0 aliphatic carbocycles. The van der Waals surface area contributed by atoms with E-state index in [1.807, 2.05) is 6.07 Å². The molecule has 2 aromatic rings. The van der Waals surface area contributed by atoms with Gasteiger partial charge in [-0.25, -0.2) is 4.98 Å². The van der Waals surface area contributed by atoms with Gasteiger partial charge >= 0.3 is 6.18 Å². The number of alkyl halides is 3. The van der Waals surface area contributed by atoms with Crippen molar-refractivity contribution in [1.82, 2.24) is 14.3 Å². The van der Waals surface area contributed by atoms with Crippen LogP contribution < -0.4 is 0 Å². The van der Waals surface area contributed by atoms with Crippen LogP contribution in [0.2, 0.25) is 0 Å². The maximum atomic E-state index is 12.5. The molecular weight excluding hydrogens is 319 g/mol. The van der Waals surface area contributed by atoms with E-state index in [1.165, 1.54) is 0 Å². The predicted molar refractivity (Wildman–Crippen MR) is 72.3 cm³/mol. The number of nitrogens with zero attached hydrogens (tertiary/aromatic N) is 3. The van der Waals surface area contributed by atoms with E-state index in [0.717, 1.165) is 16.4 Å². The number of amides is 1. The number of benzene rings is 1. The van der Waals surface area contributed by atoms with Crippen LogP contribution in [0.3, 0.4) is 0 Å². The molecule has 0 radical (unpaired) electrons. The molecule has 9 heteroatoms. The van der Waals surface area contributed by atoms with Crippen LogP contribution in [0.25, 0.3) is 11.4 Å². The number of rotatable bonds is 2. The lowest BCUT2D eigenvalue weighted by Crippen LogP contribution is -2.70. The number of aromatic nitrogens is 2. The van der Waals surface area contributed by atoms with E-state index in [1.54, 1.807) is 24.3 Å². The third-order valence-electron chi connectivity index (χ3n) is 3.36. The Kier molecular flexibility index (Phi) is 3.41. The molecule has 2 heterocycles. The Morgan fingerprint density at radius 1 is 1.27 bits per heavy atom. The minimum atomic E-state index is -4.75. The van der Waals surface area contributed by atoms with Crippen LogP contribution in [0.5, 0.6) is 0 Å². The SMILES string of the molecule is O=C(c1nc(-c2ccccc2)ns1)N1CC(O)(C(F)(F)F)C1. The average Bonchev–Trinajstić information content (AvgIpc) is 2.92. The summed E-state index contributed by atoms with van der Waals surface area (Å²) < 4.78 is 41.6. The van der Waals surface area contributed by atoms with Crippen molar-refractivity contribution in [2.24, 2.45) is 0 Å². The third kappa shape index (κ3) is 2.46. The van der Waals surface area contributed by atoms with Crippen LogP contribution in [-0.4, -0.2) is 50.1 Å². The molecule has 22 heavy (non-hydrogen) atoms. The summed E-state index contributed by atoms with van der Waals surface area (Å²) in [6.45, 7) is -1.56. The highest BCUT2D eigenvalue weighted by molar-refractivity contribution is 7.07. The zero-order chi connectivity index (χ0) is 16.0. The van der Waals surface area contributed by atoms with E-state index in [4.69, 9.17) is 0 Å². The first kappa shape index (κ1) is 14.9. The van der Waals surface area contributed by atoms with Crippen molar-refractivity contribution in [2.45, 2.75) is 11.8 Å². The lowest BCUT2D eigenvalue weighted by Gasteiger charge is -2.46. The predicted octanol–water partition coefficient (Wildman–Crippen LogP) is 1.95. The monoisotopic (exact) mass is 329 g/mol. The van der Waals surface area contributed by atoms with E-state index in [-0.39, 0.29) is 5.01 Å². The maximum Gasteiger partial charge on any atom is 0.420 e. The number of hydrogen-bond acceptors (Lipinski definition) is 5. The quantitative estimate of drug-likeness (QED) is 0.915. The summed E-state index contributed by atoms with van der Waals surface area (Å²) in [6, 6.07) is 8.93. The molecule has 1 aromatic heterocycles. The third-order valence-corrected chi connectivity index (χ3v) is 4.06. The van der Waals surface area contributed by atoms with E-state index in [2.05, 4.69) is 9.36 Å². The van der Waals surface area contributed by atoms with Crippen LogP contribution in [0.1, 0.15) is 9.80 Å². The molecule has 1 amide bonds. The van der Waals surface area contributed by atoms with Gasteiger partial charge in [0.25, 0.3) is 5.91 Å². The maximum absolute atomic E-state index is 12.5. The average molecular weight is 329 g/mol. The first-order valence-electron chi connectivity index (χ1n) is 6.28. The smallest absolute Gasteiger partial charge is 0.378 e. The zero-order valence-corrected chi connectivity index (χ0v) is 11.9. The van der Waals surface area contributed by atoms with E-state index in [9.17, 15) is 23.1 Å². The Morgan fingerprint density at radius 3 is 2.50 bits per heavy atom. The molecule has 0 bridgehead atoms. The Hall–Kier alpha value is -2.00. The summed E-state index contributed by atoms with van der Waals surface area (Å²) >= 11 is 0.823. The van der Waals surface area contributed by atoms with E-state index >= 15 is 0 Å². The number of hydrogen-bond donors (Lipinski definition) is 1. The molecule has 1 aliphatic heterocycles. The molecule has 1 saturated heterocycles. The van der Waals surface area contributed by atoms with Gasteiger partial charge in [-0.05, 0) is 11.5 Å². The topological polar surface area (TPSA) is 66.3 Å². The largest absolute Gasteiger partial charge is 0.420 e. The molecule has 1 aliphatic rings. The Balaban J connectivity index is 1.72. The first-order valence-corrected chi connectivity index (χ1v) is 7.05. The van der Waals surface area contributed by atoms with Crippen molar-refractivity contribution in [3.8, 4) is 11.4 Å². The number of carbonyl (C=O) groups is 1.